The van der Waals surface area contributed by atoms with Gasteiger partial charge in [-0.2, -0.15) is 8.78 Å². The lowest BCUT2D eigenvalue weighted by Crippen LogP contribution is -2.06. The molecular weight excluding hydrogens is 276 g/mol. The third-order valence-electron chi connectivity index (χ3n) is 3.17. The van der Waals surface area contributed by atoms with E-state index in [1.165, 1.54) is 6.07 Å². The highest BCUT2D eigenvalue weighted by Gasteiger charge is 2.15. The van der Waals surface area contributed by atoms with Crippen molar-refractivity contribution in [1.29, 1.82) is 0 Å². The van der Waals surface area contributed by atoms with Crippen LogP contribution in [0.3, 0.4) is 0 Å². The van der Waals surface area contributed by atoms with E-state index < -0.39 is 6.61 Å². The van der Waals surface area contributed by atoms with Gasteiger partial charge < -0.3 is 10.5 Å². The lowest BCUT2D eigenvalue weighted by Gasteiger charge is -2.13. The first-order valence-electron chi connectivity index (χ1n) is 6.35. The van der Waals surface area contributed by atoms with E-state index in [0.29, 0.717) is 22.7 Å². The first kappa shape index (κ1) is 13.4. The molecule has 0 saturated heterocycles. The fourth-order valence-electron chi connectivity index (χ4n) is 2.36. The lowest BCUT2D eigenvalue weighted by atomic mass is 10.2. The number of benzene rings is 2. The van der Waals surface area contributed by atoms with Crippen molar-refractivity contribution in [3.05, 3.63) is 48.3 Å². The molecule has 0 radical (unpaired) electrons. The molecule has 2 aromatic carbocycles. The van der Waals surface area contributed by atoms with Gasteiger partial charge in [-0.3, -0.25) is 4.57 Å². The highest BCUT2D eigenvalue weighted by molar-refractivity contribution is 5.82. The molecule has 3 rings (SSSR count). The Bertz CT molecular complexity index is 799. The number of para-hydroxylation sites is 2. The molecule has 0 aliphatic heterocycles. The van der Waals surface area contributed by atoms with Crippen molar-refractivity contribution in [3.8, 4) is 11.4 Å². The number of anilines is 1. The zero-order valence-corrected chi connectivity index (χ0v) is 11.3. The molecular formula is C15H13F2N3O. The summed E-state index contributed by atoms with van der Waals surface area (Å²) in [6.45, 7) is -1.08. The van der Waals surface area contributed by atoms with Crippen LogP contribution in [-0.2, 0) is 0 Å². The van der Waals surface area contributed by atoms with Crippen LogP contribution in [0.2, 0.25) is 0 Å². The Balaban J connectivity index is 2.23. The van der Waals surface area contributed by atoms with Gasteiger partial charge in [-0.05, 0) is 37.3 Å². The number of nitrogens with two attached hydrogens (primary N) is 1. The van der Waals surface area contributed by atoms with Crippen molar-refractivity contribution in [1.82, 2.24) is 9.55 Å². The Morgan fingerprint density at radius 3 is 2.71 bits per heavy atom. The molecule has 108 valence electrons. The second-order valence-electron chi connectivity index (χ2n) is 4.59. The average molecular weight is 289 g/mol. The monoisotopic (exact) mass is 289 g/mol. The molecule has 0 saturated carbocycles. The summed E-state index contributed by atoms with van der Waals surface area (Å²) in [6.07, 6.45) is 0. The summed E-state index contributed by atoms with van der Waals surface area (Å²) in [7, 11) is 0. The number of hydrogen-bond acceptors (Lipinski definition) is 3. The number of hydrogen-bond donors (Lipinski definition) is 1. The molecule has 0 unspecified atom stereocenters. The molecule has 0 aliphatic rings. The van der Waals surface area contributed by atoms with E-state index in [1.807, 2.05) is 6.07 Å². The number of nitrogen functional groups attached to an aromatic ring is 1. The van der Waals surface area contributed by atoms with Gasteiger partial charge in [0.1, 0.15) is 11.6 Å². The molecule has 0 atom stereocenters. The van der Waals surface area contributed by atoms with Crippen molar-refractivity contribution in [2.75, 3.05) is 5.73 Å². The lowest BCUT2D eigenvalue weighted by molar-refractivity contribution is -0.0498. The standard InChI is InChI=1S/C15H13F2N3O/c1-9-19-11-8-10(18)6-7-12(11)20(9)13-4-2-3-5-14(13)21-15(16)17/h2-8,15H,18H2,1H3. The van der Waals surface area contributed by atoms with E-state index in [0.717, 1.165) is 5.52 Å². The molecule has 3 aromatic rings. The third kappa shape index (κ3) is 2.40. The highest BCUT2D eigenvalue weighted by atomic mass is 19.3. The summed E-state index contributed by atoms with van der Waals surface area (Å²) >= 11 is 0. The predicted molar refractivity (Wildman–Crippen MR) is 76.9 cm³/mol. The average Bonchev–Trinajstić information content (AvgIpc) is 2.74. The Morgan fingerprint density at radius 1 is 1.19 bits per heavy atom. The fraction of sp³-hybridized carbons (Fsp3) is 0.133. The Kier molecular flexibility index (Phi) is 3.21. The first-order chi connectivity index (χ1) is 10.1. The summed E-state index contributed by atoms with van der Waals surface area (Å²) in [5.74, 6) is 0.771. The first-order valence-corrected chi connectivity index (χ1v) is 6.35. The molecule has 1 aromatic heterocycles. The van der Waals surface area contributed by atoms with Crippen LogP contribution < -0.4 is 10.5 Å². The van der Waals surface area contributed by atoms with Crippen LogP contribution in [0.1, 0.15) is 5.82 Å². The maximum atomic E-state index is 12.5. The molecule has 4 nitrogen and oxygen atoms in total. The van der Waals surface area contributed by atoms with Crippen LogP contribution in [-0.4, -0.2) is 16.2 Å². The number of fused-ring (bicyclic) bond motifs is 1. The number of alkyl halides is 2. The summed E-state index contributed by atoms with van der Waals surface area (Å²) in [6, 6.07) is 11.9. The number of halogens is 2. The van der Waals surface area contributed by atoms with Gasteiger partial charge in [0, 0.05) is 5.69 Å². The molecule has 0 spiro atoms. The smallest absolute Gasteiger partial charge is 0.387 e. The minimum atomic E-state index is -2.88. The summed E-state index contributed by atoms with van der Waals surface area (Å²) in [4.78, 5) is 4.41. The number of aryl methyl sites for hydroxylation is 1. The topological polar surface area (TPSA) is 53.1 Å². The van der Waals surface area contributed by atoms with E-state index in [9.17, 15) is 8.78 Å². The van der Waals surface area contributed by atoms with Gasteiger partial charge in [-0.25, -0.2) is 4.98 Å². The fourth-order valence-corrected chi connectivity index (χ4v) is 2.36. The van der Waals surface area contributed by atoms with Crippen molar-refractivity contribution in [2.24, 2.45) is 0 Å². The van der Waals surface area contributed by atoms with Crippen molar-refractivity contribution in [2.45, 2.75) is 13.5 Å². The van der Waals surface area contributed by atoms with E-state index in [-0.39, 0.29) is 5.75 Å². The zero-order valence-electron chi connectivity index (χ0n) is 11.3. The molecule has 6 heteroatoms. The Hall–Kier alpha value is -2.63. The van der Waals surface area contributed by atoms with Crippen LogP contribution in [0.15, 0.2) is 42.5 Å². The highest BCUT2D eigenvalue weighted by Crippen LogP contribution is 2.29. The normalized spacial score (nSPS) is 11.2. The van der Waals surface area contributed by atoms with Gasteiger partial charge in [-0.15, -0.1) is 0 Å². The van der Waals surface area contributed by atoms with Gasteiger partial charge in [0.15, 0.2) is 0 Å². The van der Waals surface area contributed by atoms with Crippen molar-refractivity contribution < 1.29 is 13.5 Å². The molecule has 2 N–H and O–H groups in total. The minimum Gasteiger partial charge on any atom is -0.433 e. The predicted octanol–water partition coefficient (Wildman–Crippen LogP) is 3.52. The van der Waals surface area contributed by atoms with Gasteiger partial charge in [-0.1, -0.05) is 12.1 Å². The number of aromatic nitrogens is 2. The van der Waals surface area contributed by atoms with Gasteiger partial charge in [0.2, 0.25) is 0 Å². The van der Waals surface area contributed by atoms with E-state index in [2.05, 4.69) is 9.72 Å². The van der Waals surface area contributed by atoms with E-state index in [1.54, 1.807) is 41.8 Å². The van der Waals surface area contributed by atoms with Crippen LogP contribution in [0.4, 0.5) is 14.5 Å². The van der Waals surface area contributed by atoms with Crippen LogP contribution in [0.25, 0.3) is 16.7 Å². The van der Waals surface area contributed by atoms with E-state index in [4.69, 9.17) is 5.73 Å². The minimum absolute atomic E-state index is 0.103. The second kappa shape index (κ2) is 5.05. The summed E-state index contributed by atoms with van der Waals surface area (Å²) in [5.41, 5.74) is 8.35. The number of ether oxygens (including phenoxy) is 1. The van der Waals surface area contributed by atoms with Crippen molar-refractivity contribution >= 4 is 16.7 Å². The van der Waals surface area contributed by atoms with E-state index >= 15 is 0 Å². The Morgan fingerprint density at radius 2 is 1.95 bits per heavy atom. The number of imidazole rings is 1. The number of rotatable bonds is 3. The largest absolute Gasteiger partial charge is 0.433 e. The molecule has 0 amide bonds. The Labute approximate surface area is 119 Å². The third-order valence-corrected chi connectivity index (χ3v) is 3.17. The number of nitrogens with zero attached hydrogens (tertiary/aromatic N) is 2. The quantitative estimate of drug-likeness (QED) is 0.751. The van der Waals surface area contributed by atoms with Gasteiger partial charge in [0.25, 0.3) is 0 Å². The maximum absolute atomic E-state index is 12.5. The molecule has 0 aliphatic carbocycles. The van der Waals surface area contributed by atoms with Gasteiger partial charge >= 0.3 is 6.61 Å². The van der Waals surface area contributed by atoms with Gasteiger partial charge in [0.05, 0.1) is 16.7 Å². The molecule has 0 fully saturated rings. The maximum Gasteiger partial charge on any atom is 0.387 e. The molecule has 21 heavy (non-hydrogen) atoms. The second-order valence-corrected chi connectivity index (χ2v) is 4.59. The summed E-state index contributed by atoms with van der Waals surface area (Å²) in [5, 5.41) is 0. The molecule has 0 bridgehead atoms. The SMILES string of the molecule is Cc1nc2cc(N)ccc2n1-c1ccccc1OC(F)F. The van der Waals surface area contributed by atoms with Crippen LogP contribution in [0.5, 0.6) is 5.75 Å². The summed E-state index contributed by atoms with van der Waals surface area (Å²) < 4.78 is 31.5. The van der Waals surface area contributed by atoms with Crippen LogP contribution in [0, 0.1) is 6.92 Å². The van der Waals surface area contributed by atoms with Crippen molar-refractivity contribution in [3.63, 3.8) is 0 Å². The van der Waals surface area contributed by atoms with Crippen LogP contribution >= 0.6 is 0 Å². The molecule has 1 heterocycles. The zero-order chi connectivity index (χ0) is 15.0.